The molecule has 8 rings (SSSR count). The van der Waals surface area contributed by atoms with Crippen LogP contribution in [0.3, 0.4) is 0 Å². The number of pyridine rings is 2. The van der Waals surface area contributed by atoms with Gasteiger partial charge in [0.1, 0.15) is 0 Å². The molecule has 0 radical (unpaired) electrons. The van der Waals surface area contributed by atoms with Crippen molar-refractivity contribution in [2.75, 3.05) is 27.0 Å². The molecule has 2 aromatic carbocycles. The fourth-order valence-electron chi connectivity index (χ4n) is 6.15. The van der Waals surface area contributed by atoms with Crippen LogP contribution in [0.5, 0.6) is 0 Å². The lowest BCUT2D eigenvalue weighted by atomic mass is 10.0. The first kappa shape index (κ1) is 13.9. The van der Waals surface area contributed by atoms with E-state index in [1.54, 1.807) is 0 Å². The number of rotatable bonds is 6. The van der Waals surface area contributed by atoms with E-state index in [-0.39, 0.29) is 83.7 Å². The Labute approximate surface area is 322 Å². The Morgan fingerprint density at radius 1 is 0.625 bits per heavy atom. The zero-order valence-electron chi connectivity index (χ0n) is 51.9. The van der Waals surface area contributed by atoms with Crippen molar-refractivity contribution in [3.05, 3.63) is 129 Å². The molecule has 6 nitrogen and oxygen atoms in total. The topological polar surface area (TPSA) is 42.1 Å². The molecule has 2 aliphatic rings. The predicted octanol–water partition coefficient (Wildman–Crippen LogP) is 7.77. The van der Waals surface area contributed by atoms with Gasteiger partial charge in [-0.05, 0) is 113 Å². The Kier molecular flexibility index (Phi) is 3.97. The van der Waals surface area contributed by atoms with Crippen LogP contribution in [0.2, 0.25) is 0 Å². The third-order valence-corrected chi connectivity index (χ3v) is 8.45. The average molecular weight is 665 g/mol. The quantitative estimate of drug-likeness (QED) is 0.183. The molecule has 0 unspecified atom stereocenters. The van der Waals surface area contributed by atoms with Crippen molar-refractivity contribution < 1.29 is 35.6 Å². The normalized spacial score (nSPS) is 25.8. The standard InChI is InChI=1S/2C21H25N3/c2*1-15-4-7-20-18(12-15)19-14-23(3)10-9-21(19)24(20)11-8-17-6-5-16(2)22-13-17/h2*4-7,12-13H,8-11,14H2,1-3H3/i2*1D3,2D3,3D3,8D2,11D2. The predicted molar refractivity (Wildman–Crippen MR) is 199 cm³/mol. The van der Waals surface area contributed by atoms with Crippen LogP contribution in [0.4, 0.5) is 0 Å². The fourth-order valence-corrected chi connectivity index (χ4v) is 6.15. The minimum atomic E-state index is -2.74. The van der Waals surface area contributed by atoms with E-state index in [4.69, 9.17) is 35.6 Å². The van der Waals surface area contributed by atoms with Crippen molar-refractivity contribution in [1.29, 1.82) is 0 Å². The van der Waals surface area contributed by atoms with E-state index in [9.17, 15) is 0 Å². The van der Waals surface area contributed by atoms with Gasteiger partial charge >= 0.3 is 0 Å². The van der Waals surface area contributed by atoms with Crippen LogP contribution in [0.1, 0.15) is 91.8 Å². The van der Waals surface area contributed by atoms with Gasteiger partial charge in [-0.25, -0.2) is 0 Å². The molecule has 0 bridgehead atoms. The summed E-state index contributed by atoms with van der Waals surface area (Å²) in [6.45, 7) is -20.3. The maximum atomic E-state index is 8.95. The molecule has 0 fully saturated rings. The van der Waals surface area contributed by atoms with Gasteiger partial charge in [-0.1, -0.05) is 35.4 Å². The Balaban J connectivity index is 0.000000216. The molecule has 0 atom stereocenters. The van der Waals surface area contributed by atoms with E-state index in [2.05, 4.69) is 9.97 Å². The highest BCUT2D eigenvalue weighted by atomic mass is 15.1. The minimum Gasteiger partial charge on any atom is -0.344 e. The Hall–Kier alpha value is -4.26. The first-order valence-corrected chi connectivity index (χ1v) is 15.3. The first-order valence-electron chi connectivity index (χ1n) is 28.3. The van der Waals surface area contributed by atoms with Gasteiger partial charge < -0.3 is 18.9 Å². The average Bonchev–Trinajstić information content (AvgIpc) is 3.80. The summed E-state index contributed by atoms with van der Waals surface area (Å²) in [5.74, 6) is 0. The largest absolute Gasteiger partial charge is 0.344 e. The summed E-state index contributed by atoms with van der Waals surface area (Å²) >= 11 is 0. The summed E-state index contributed by atoms with van der Waals surface area (Å²) in [7, 11) is 0. The molecule has 0 amide bonds. The van der Waals surface area contributed by atoms with E-state index in [0.717, 1.165) is 24.5 Å². The molecule has 0 saturated carbocycles. The van der Waals surface area contributed by atoms with Gasteiger partial charge in [-0.15, -0.1) is 0 Å². The van der Waals surface area contributed by atoms with Crippen LogP contribution in [0.25, 0.3) is 21.8 Å². The molecule has 0 saturated heterocycles. The van der Waals surface area contributed by atoms with E-state index in [0.29, 0.717) is 33.3 Å². The second-order valence-electron chi connectivity index (χ2n) is 11.7. The molecule has 48 heavy (non-hydrogen) atoms. The molecule has 2 aliphatic heterocycles. The van der Waals surface area contributed by atoms with E-state index < -0.39 is 67.1 Å². The third-order valence-electron chi connectivity index (χ3n) is 8.45. The number of aromatic nitrogens is 4. The summed E-state index contributed by atoms with van der Waals surface area (Å²) in [5, 5.41) is 0.682. The highest BCUT2D eigenvalue weighted by Crippen LogP contribution is 2.33. The first-order chi connectivity index (χ1) is 33.5. The van der Waals surface area contributed by atoms with Gasteiger partial charge in [0.25, 0.3) is 0 Å². The maximum absolute atomic E-state index is 8.95. The summed E-state index contributed by atoms with van der Waals surface area (Å²) in [4.78, 5) is 10.1. The zero-order chi connectivity index (χ0) is 55.5. The number of likely N-dealkylation sites (N-methyl/N-ethyl adjacent to an activating group) is 2. The molecular weight excluding hydrogens is 589 g/mol. The number of nitrogens with zero attached hydrogens (tertiary/aromatic N) is 6. The smallest absolute Gasteiger partial charge is 0.0501 e. The molecule has 0 spiro atoms. The number of benzene rings is 2. The molecule has 6 heterocycles. The van der Waals surface area contributed by atoms with Gasteiger partial charge in [0.2, 0.25) is 0 Å². The summed E-state index contributed by atoms with van der Waals surface area (Å²) in [6, 6.07) is 12.9. The number of hydrogen-bond acceptors (Lipinski definition) is 4. The minimum absolute atomic E-state index is 0.000942. The molecule has 0 aliphatic carbocycles. The second kappa shape index (κ2) is 13.7. The van der Waals surface area contributed by atoms with Crippen molar-refractivity contribution in [2.45, 2.75) is 79.1 Å². The van der Waals surface area contributed by atoms with E-state index >= 15 is 0 Å². The lowest BCUT2D eigenvalue weighted by Gasteiger charge is -2.24. The molecular formula is C42H50N6. The van der Waals surface area contributed by atoms with Crippen LogP contribution in [0.15, 0.2) is 73.1 Å². The van der Waals surface area contributed by atoms with Crippen LogP contribution < -0.4 is 0 Å². The van der Waals surface area contributed by atoms with Crippen molar-refractivity contribution in [3.63, 3.8) is 0 Å². The van der Waals surface area contributed by atoms with Gasteiger partial charge in [-0.3, -0.25) is 9.97 Å². The van der Waals surface area contributed by atoms with Gasteiger partial charge in [-0.2, -0.15) is 0 Å². The fraction of sp³-hybridized carbons (Fsp3) is 0.381. The van der Waals surface area contributed by atoms with E-state index in [1.807, 2.05) is 0 Å². The van der Waals surface area contributed by atoms with Crippen molar-refractivity contribution >= 4 is 21.8 Å². The van der Waals surface area contributed by atoms with Crippen LogP contribution in [-0.2, 0) is 51.7 Å². The maximum Gasteiger partial charge on any atom is 0.0501 e. The molecule has 0 N–H and O–H groups in total. The highest BCUT2D eigenvalue weighted by Gasteiger charge is 2.23. The van der Waals surface area contributed by atoms with E-state index in [1.165, 1.54) is 67.5 Å². The molecule has 6 aromatic rings. The lowest BCUT2D eigenvalue weighted by Crippen LogP contribution is -2.27. The van der Waals surface area contributed by atoms with Gasteiger partial charge in [0, 0.05) is 139 Å². The summed E-state index contributed by atoms with van der Waals surface area (Å²) in [6.07, 6.45) is -3.20. The van der Waals surface area contributed by atoms with Crippen molar-refractivity contribution in [1.82, 2.24) is 28.9 Å². The molecule has 4 aromatic heterocycles. The third kappa shape index (κ3) is 6.69. The summed E-state index contributed by atoms with van der Waals surface area (Å²) < 4.78 is 211. The van der Waals surface area contributed by atoms with Gasteiger partial charge in [0.15, 0.2) is 0 Å². The summed E-state index contributed by atoms with van der Waals surface area (Å²) in [5.41, 5.74) is 1.20. The second-order valence-corrected chi connectivity index (χ2v) is 11.7. The molecule has 6 heteroatoms. The molecule has 248 valence electrons. The Morgan fingerprint density at radius 2 is 1.12 bits per heavy atom. The van der Waals surface area contributed by atoms with Crippen LogP contribution in [0, 0.1) is 27.4 Å². The van der Waals surface area contributed by atoms with Crippen molar-refractivity contribution in [3.8, 4) is 0 Å². The van der Waals surface area contributed by atoms with Gasteiger partial charge in [0.05, 0.1) is 5.48 Å². The van der Waals surface area contributed by atoms with Crippen LogP contribution in [-0.4, -0.2) is 55.9 Å². The zero-order valence-corrected chi connectivity index (χ0v) is 25.9. The number of hydrogen-bond donors (Lipinski definition) is 0. The SMILES string of the molecule is [2H]C([2H])([2H])c1ccc2c(c1)c1c(n2C([2H])([2H])C([2H])([2H])c2ccc(C([2H])([2H])[2H])nc2)CCN(C([2H])([2H])[2H])C1.[2H]C([2H])([2H])c1ccc2c(c1)c1c(n2C([2H])([2H])C([2H])([2H])c2ccc(C([2H])([2H])[2H])nc2)CCN(C([2H])([2H])[2H])C1. The highest BCUT2D eigenvalue weighted by molar-refractivity contribution is 5.87. The number of aryl methyl sites for hydroxylation is 8. The lowest BCUT2D eigenvalue weighted by molar-refractivity contribution is 0.309. The monoisotopic (exact) mass is 665 g/mol. The number of fused-ring (bicyclic) bond motifs is 6. The van der Waals surface area contributed by atoms with Crippen LogP contribution >= 0.6 is 0 Å². The Morgan fingerprint density at radius 3 is 1.52 bits per heavy atom. The Bertz CT molecular complexity index is 2840. The van der Waals surface area contributed by atoms with Crippen molar-refractivity contribution in [2.24, 2.45) is 0 Å².